The highest BCUT2D eigenvalue weighted by Gasteiger charge is 2.15. The number of hydrogen-bond donors (Lipinski definition) is 1. The van der Waals surface area contributed by atoms with Crippen LogP contribution in [0.3, 0.4) is 0 Å². The lowest BCUT2D eigenvalue weighted by atomic mass is 9.99. The molecule has 0 aliphatic carbocycles. The standard InChI is InChI=1S/C9H18O2/c1-8(7-10)6-9-4-2-3-5-11-9/h8-10H,2-7H2,1H3/t8-,9?/m0/s1. The van der Waals surface area contributed by atoms with Crippen molar-refractivity contribution >= 4 is 0 Å². The van der Waals surface area contributed by atoms with E-state index in [4.69, 9.17) is 9.84 Å². The topological polar surface area (TPSA) is 29.5 Å². The number of aliphatic hydroxyl groups excluding tert-OH is 1. The molecular formula is C9H18O2. The number of rotatable bonds is 3. The minimum atomic E-state index is 0.292. The lowest BCUT2D eigenvalue weighted by molar-refractivity contribution is -0.00189. The molecule has 66 valence electrons. The molecule has 1 N–H and O–H groups in total. The maximum absolute atomic E-state index is 8.81. The van der Waals surface area contributed by atoms with Gasteiger partial charge in [-0.25, -0.2) is 0 Å². The van der Waals surface area contributed by atoms with Crippen LogP contribution in [-0.2, 0) is 4.74 Å². The zero-order valence-corrected chi connectivity index (χ0v) is 7.25. The van der Waals surface area contributed by atoms with E-state index in [1.807, 2.05) is 0 Å². The van der Waals surface area contributed by atoms with Gasteiger partial charge < -0.3 is 9.84 Å². The van der Waals surface area contributed by atoms with Crippen LogP contribution in [0.15, 0.2) is 0 Å². The van der Waals surface area contributed by atoms with Crippen LogP contribution in [0.1, 0.15) is 32.6 Å². The average Bonchev–Trinajstić information content (AvgIpc) is 2.06. The molecule has 0 aromatic carbocycles. The second-order valence-electron chi connectivity index (χ2n) is 3.51. The molecule has 0 spiro atoms. The summed E-state index contributed by atoms with van der Waals surface area (Å²) < 4.78 is 5.54. The highest BCUT2D eigenvalue weighted by atomic mass is 16.5. The van der Waals surface area contributed by atoms with Crippen molar-refractivity contribution in [2.75, 3.05) is 13.2 Å². The highest BCUT2D eigenvalue weighted by molar-refractivity contribution is 4.66. The first-order chi connectivity index (χ1) is 5.33. The highest BCUT2D eigenvalue weighted by Crippen LogP contribution is 2.18. The fraction of sp³-hybridized carbons (Fsp3) is 1.00. The largest absolute Gasteiger partial charge is 0.396 e. The van der Waals surface area contributed by atoms with Gasteiger partial charge in [-0.1, -0.05) is 6.92 Å². The third-order valence-corrected chi connectivity index (χ3v) is 2.25. The van der Waals surface area contributed by atoms with Gasteiger partial charge in [0.25, 0.3) is 0 Å². The molecule has 0 aromatic rings. The van der Waals surface area contributed by atoms with Gasteiger partial charge in [0.2, 0.25) is 0 Å². The van der Waals surface area contributed by atoms with E-state index in [0.717, 1.165) is 13.0 Å². The van der Waals surface area contributed by atoms with E-state index < -0.39 is 0 Å². The number of ether oxygens (including phenoxy) is 1. The van der Waals surface area contributed by atoms with E-state index in [1.165, 1.54) is 19.3 Å². The van der Waals surface area contributed by atoms with Crippen molar-refractivity contribution in [1.82, 2.24) is 0 Å². The third-order valence-electron chi connectivity index (χ3n) is 2.25. The van der Waals surface area contributed by atoms with E-state index in [2.05, 4.69) is 6.92 Å². The average molecular weight is 158 g/mol. The molecule has 1 heterocycles. The Kier molecular flexibility index (Phi) is 3.87. The SMILES string of the molecule is C[C@H](CO)CC1CCCCO1. The smallest absolute Gasteiger partial charge is 0.0578 e. The lowest BCUT2D eigenvalue weighted by Crippen LogP contribution is -2.22. The Morgan fingerprint density at radius 3 is 2.91 bits per heavy atom. The van der Waals surface area contributed by atoms with Gasteiger partial charge >= 0.3 is 0 Å². The van der Waals surface area contributed by atoms with Gasteiger partial charge in [0.1, 0.15) is 0 Å². The minimum absolute atomic E-state index is 0.292. The maximum atomic E-state index is 8.81. The Morgan fingerprint density at radius 1 is 1.55 bits per heavy atom. The molecule has 0 amide bonds. The molecule has 2 nitrogen and oxygen atoms in total. The minimum Gasteiger partial charge on any atom is -0.396 e. The molecule has 0 saturated carbocycles. The van der Waals surface area contributed by atoms with Gasteiger partial charge in [-0.05, 0) is 31.6 Å². The van der Waals surface area contributed by atoms with Crippen molar-refractivity contribution in [3.63, 3.8) is 0 Å². The van der Waals surface area contributed by atoms with E-state index in [1.54, 1.807) is 0 Å². The molecule has 1 saturated heterocycles. The molecule has 1 rings (SSSR count). The van der Waals surface area contributed by atoms with E-state index >= 15 is 0 Å². The first kappa shape index (κ1) is 9.01. The third kappa shape index (κ3) is 3.21. The molecule has 1 aliphatic heterocycles. The number of aliphatic hydroxyl groups is 1. The molecule has 11 heavy (non-hydrogen) atoms. The summed E-state index contributed by atoms with van der Waals surface area (Å²) >= 11 is 0. The van der Waals surface area contributed by atoms with Crippen LogP contribution in [0.4, 0.5) is 0 Å². The fourth-order valence-electron chi connectivity index (χ4n) is 1.52. The molecular weight excluding hydrogens is 140 g/mol. The van der Waals surface area contributed by atoms with Gasteiger partial charge in [-0.2, -0.15) is 0 Å². The van der Waals surface area contributed by atoms with Crippen molar-refractivity contribution in [2.24, 2.45) is 5.92 Å². The van der Waals surface area contributed by atoms with Crippen molar-refractivity contribution < 1.29 is 9.84 Å². The van der Waals surface area contributed by atoms with Crippen LogP contribution >= 0.6 is 0 Å². The normalized spacial score (nSPS) is 28.4. The molecule has 2 heteroatoms. The Bertz CT molecular complexity index is 97.7. The maximum Gasteiger partial charge on any atom is 0.0578 e. The van der Waals surface area contributed by atoms with Gasteiger partial charge in [-0.15, -0.1) is 0 Å². The predicted molar refractivity (Wildman–Crippen MR) is 44.5 cm³/mol. The lowest BCUT2D eigenvalue weighted by Gasteiger charge is -2.24. The van der Waals surface area contributed by atoms with E-state index in [9.17, 15) is 0 Å². The van der Waals surface area contributed by atoms with E-state index in [-0.39, 0.29) is 0 Å². The quantitative estimate of drug-likeness (QED) is 0.675. The Morgan fingerprint density at radius 2 is 2.36 bits per heavy atom. The zero-order valence-electron chi connectivity index (χ0n) is 7.25. The second-order valence-corrected chi connectivity index (χ2v) is 3.51. The first-order valence-corrected chi connectivity index (χ1v) is 4.55. The fourth-order valence-corrected chi connectivity index (χ4v) is 1.52. The van der Waals surface area contributed by atoms with Crippen molar-refractivity contribution in [3.8, 4) is 0 Å². The monoisotopic (exact) mass is 158 g/mol. The Hall–Kier alpha value is -0.0800. The molecule has 0 aromatic heterocycles. The summed E-state index contributed by atoms with van der Waals surface area (Å²) in [5.74, 6) is 0.401. The summed E-state index contributed by atoms with van der Waals surface area (Å²) in [5.41, 5.74) is 0. The van der Waals surface area contributed by atoms with Gasteiger partial charge in [0.15, 0.2) is 0 Å². The molecule has 0 bridgehead atoms. The predicted octanol–water partition coefficient (Wildman–Crippen LogP) is 1.57. The van der Waals surface area contributed by atoms with Gasteiger partial charge in [0.05, 0.1) is 6.10 Å². The van der Waals surface area contributed by atoms with Crippen LogP contribution in [-0.4, -0.2) is 24.4 Å². The molecule has 1 fully saturated rings. The van der Waals surface area contributed by atoms with Crippen LogP contribution < -0.4 is 0 Å². The summed E-state index contributed by atoms with van der Waals surface area (Å²) in [6, 6.07) is 0. The number of hydrogen-bond acceptors (Lipinski definition) is 2. The first-order valence-electron chi connectivity index (χ1n) is 4.55. The molecule has 2 atom stereocenters. The summed E-state index contributed by atoms with van der Waals surface area (Å²) in [6.45, 7) is 3.28. The summed E-state index contributed by atoms with van der Waals surface area (Å²) in [4.78, 5) is 0. The van der Waals surface area contributed by atoms with Crippen LogP contribution in [0, 0.1) is 5.92 Å². The van der Waals surface area contributed by atoms with Crippen LogP contribution in [0.2, 0.25) is 0 Å². The Labute approximate surface area is 68.6 Å². The summed E-state index contributed by atoms with van der Waals surface area (Å²) in [7, 11) is 0. The van der Waals surface area contributed by atoms with E-state index in [0.29, 0.717) is 18.6 Å². The van der Waals surface area contributed by atoms with Crippen LogP contribution in [0.5, 0.6) is 0 Å². The van der Waals surface area contributed by atoms with Crippen molar-refractivity contribution in [2.45, 2.75) is 38.7 Å². The van der Waals surface area contributed by atoms with Crippen LogP contribution in [0.25, 0.3) is 0 Å². The zero-order chi connectivity index (χ0) is 8.10. The van der Waals surface area contributed by atoms with Gasteiger partial charge in [-0.3, -0.25) is 0 Å². The second kappa shape index (κ2) is 4.73. The molecule has 1 aliphatic rings. The molecule has 0 radical (unpaired) electrons. The van der Waals surface area contributed by atoms with Crippen molar-refractivity contribution in [3.05, 3.63) is 0 Å². The van der Waals surface area contributed by atoms with Crippen molar-refractivity contribution in [1.29, 1.82) is 0 Å². The summed E-state index contributed by atoms with van der Waals surface area (Å²) in [5, 5.41) is 8.81. The van der Waals surface area contributed by atoms with Gasteiger partial charge in [0, 0.05) is 13.2 Å². The molecule has 1 unspecified atom stereocenters. The summed E-state index contributed by atoms with van der Waals surface area (Å²) in [6.07, 6.45) is 5.14. The Balaban J connectivity index is 2.13.